The Balaban J connectivity index is 1.47. The smallest absolute Gasteiger partial charge is 0.318 e. The first kappa shape index (κ1) is 24.4. The quantitative estimate of drug-likeness (QED) is 0.560. The summed E-state index contributed by atoms with van der Waals surface area (Å²) in [6.45, 7) is 5.64. The summed E-state index contributed by atoms with van der Waals surface area (Å²) in [7, 11) is 0. The standard InChI is InChI=1S/C27H27N5O5/c1-27(2,25(34)31-26(28)35)22-17-5-3-4-6-21(17)37-23-18(22)8-10-19(30-23)16-7-9-20(29-15-16)24(33)32-11-13-36-14-12-32/h3-10,15,22H,11-14H2,1-2H3,(H3,28,31,34,35)/t22-/m0/s1. The van der Waals surface area contributed by atoms with Crippen LogP contribution in [0.3, 0.4) is 0 Å². The fourth-order valence-electron chi connectivity index (χ4n) is 4.78. The lowest BCUT2D eigenvalue weighted by Gasteiger charge is -2.37. The summed E-state index contributed by atoms with van der Waals surface area (Å²) in [5, 5.41) is 2.21. The Hall–Kier alpha value is -4.31. The molecule has 5 rings (SSSR count). The van der Waals surface area contributed by atoms with Gasteiger partial charge in [-0.2, -0.15) is 0 Å². The van der Waals surface area contributed by atoms with E-state index in [2.05, 4.69) is 10.3 Å². The van der Waals surface area contributed by atoms with Gasteiger partial charge >= 0.3 is 6.03 Å². The van der Waals surface area contributed by atoms with Crippen LogP contribution in [0, 0.1) is 5.41 Å². The van der Waals surface area contributed by atoms with Gasteiger partial charge in [-0.1, -0.05) is 38.1 Å². The molecule has 1 atom stereocenters. The number of benzene rings is 1. The molecule has 0 spiro atoms. The number of amides is 4. The fraction of sp³-hybridized carbons (Fsp3) is 0.296. The van der Waals surface area contributed by atoms with Crippen molar-refractivity contribution in [3.05, 3.63) is 71.5 Å². The molecule has 1 aromatic carbocycles. The van der Waals surface area contributed by atoms with Gasteiger partial charge in [0, 0.05) is 41.9 Å². The monoisotopic (exact) mass is 501 g/mol. The number of pyridine rings is 2. The van der Waals surface area contributed by atoms with Crippen LogP contribution in [-0.4, -0.2) is 59.0 Å². The minimum absolute atomic E-state index is 0.132. The molecule has 1 fully saturated rings. The van der Waals surface area contributed by atoms with E-state index in [0.29, 0.717) is 60.4 Å². The predicted molar refractivity (Wildman–Crippen MR) is 134 cm³/mol. The maximum atomic E-state index is 13.0. The van der Waals surface area contributed by atoms with Gasteiger partial charge in [-0.05, 0) is 24.3 Å². The van der Waals surface area contributed by atoms with Gasteiger partial charge in [0.05, 0.1) is 24.3 Å². The molecule has 37 heavy (non-hydrogen) atoms. The Morgan fingerprint density at radius 2 is 1.78 bits per heavy atom. The number of urea groups is 1. The zero-order chi connectivity index (χ0) is 26.2. The number of morpholine rings is 1. The molecule has 2 aliphatic heterocycles. The number of carbonyl (C=O) groups is 3. The molecular weight excluding hydrogens is 474 g/mol. The third kappa shape index (κ3) is 4.63. The molecule has 4 heterocycles. The molecule has 2 aromatic heterocycles. The summed E-state index contributed by atoms with van der Waals surface area (Å²) in [5.41, 5.74) is 7.37. The van der Waals surface area contributed by atoms with Gasteiger partial charge in [0.1, 0.15) is 11.4 Å². The van der Waals surface area contributed by atoms with Crippen LogP contribution in [-0.2, 0) is 9.53 Å². The molecule has 10 heteroatoms. The minimum Gasteiger partial charge on any atom is -0.438 e. The Morgan fingerprint density at radius 3 is 2.49 bits per heavy atom. The first-order valence-corrected chi connectivity index (χ1v) is 12.0. The number of primary amides is 1. The van der Waals surface area contributed by atoms with Gasteiger partial charge in [0.25, 0.3) is 5.91 Å². The van der Waals surface area contributed by atoms with Crippen molar-refractivity contribution in [3.63, 3.8) is 0 Å². The Morgan fingerprint density at radius 1 is 1.03 bits per heavy atom. The van der Waals surface area contributed by atoms with Crippen molar-refractivity contribution in [1.82, 2.24) is 20.2 Å². The molecule has 4 amide bonds. The second-order valence-electron chi connectivity index (χ2n) is 9.54. The maximum Gasteiger partial charge on any atom is 0.318 e. The molecule has 0 aliphatic carbocycles. The fourth-order valence-corrected chi connectivity index (χ4v) is 4.78. The van der Waals surface area contributed by atoms with Gasteiger partial charge in [-0.25, -0.2) is 9.78 Å². The van der Waals surface area contributed by atoms with Crippen molar-refractivity contribution in [2.45, 2.75) is 19.8 Å². The molecule has 3 aromatic rings. The van der Waals surface area contributed by atoms with Crippen molar-refractivity contribution < 1.29 is 23.9 Å². The lowest BCUT2D eigenvalue weighted by Crippen LogP contribution is -2.46. The number of nitrogens with one attached hydrogen (secondary N) is 1. The van der Waals surface area contributed by atoms with E-state index in [1.54, 1.807) is 37.1 Å². The topological polar surface area (TPSA) is 137 Å². The first-order chi connectivity index (χ1) is 17.8. The Bertz CT molecular complexity index is 1370. The van der Waals surface area contributed by atoms with Gasteiger partial charge in [-0.15, -0.1) is 0 Å². The van der Waals surface area contributed by atoms with Crippen LogP contribution in [0.25, 0.3) is 11.3 Å². The molecule has 0 saturated carbocycles. The molecule has 0 unspecified atom stereocenters. The lowest BCUT2D eigenvalue weighted by atomic mass is 9.69. The number of carbonyl (C=O) groups excluding carboxylic acids is 3. The highest BCUT2D eigenvalue weighted by molar-refractivity contribution is 5.97. The van der Waals surface area contributed by atoms with Crippen LogP contribution in [0.5, 0.6) is 11.6 Å². The number of ether oxygens (including phenoxy) is 2. The van der Waals surface area contributed by atoms with Gasteiger partial charge in [0.15, 0.2) is 0 Å². The van der Waals surface area contributed by atoms with E-state index in [1.807, 2.05) is 36.4 Å². The molecule has 0 bridgehead atoms. The Kier molecular flexibility index (Phi) is 6.34. The average molecular weight is 502 g/mol. The average Bonchev–Trinajstić information content (AvgIpc) is 2.91. The molecule has 1 saturated heterocycles. The highest BCUT2D eigenvalue weighted by atomic mass is 16.5. The van der Waals surface area contributed by atoms with E-state index in [0.717, 1.165) is 5.56 Å². The van der Waals surface area contributed by atoms with E-state index in [4.69, 9.17) is 20.2 Å². The van der Waals surface area contributed by atoms with Crippen LogP contribution in [0.1, 0.15) is 41.4 Å². The SMILES string of the molecule is CC(C)(C(=O)NC(N)=O)[C@H]1c2ccccc2Oc2nc(-c3ccc(C(=O)N4CCOCC4)nc3)ccc21. The van der Waals surface area contributed by atoms with Crippen molar-refractivity contribution in [2.75, 3.05) is 26.3 Å². The minimum atomic E-state index is -1.05. The summed E-state index contributed by atoms with van der Waals surface area (Å²) in [4.78, 5) is 47.9. The number of para-hydroxylation sites is 1. The summed E-state index contributed by atoms with van der Waals surface area (Å²) < 4.78 is 11.5. The highest BCUT2D eigenvalue weighted by Gasteiger charge is 2.44. The maximum absolute atomic E-state index is 13.0. The van der Waals surface area contributed by atoms with E-state index < -0.39 is 23.3 Å². The highest BCUT2D eigenvalue weighted by Crippen LogP contribution is 2.51. The summed E-state index contributed by atoms with van der Waals surface area (Å²) >= 11 is 0. The number of hydrogen-bond donors (Lipinski definition) is 2. The van der Waals surface area contributed by atoms with E-state index >= 15 is 0 Å². The van der Waals surface area contributed by atoms with E-state index in [9.17, 15) is 14.4 Å². The lowest BCUT2D eigenvalue weighted by molar-refractivity contribution is -0.128. The van der Waals surface area contributed by atoms with E-state index in [1.165, 1.54) is 0 Å². The van der Waals surface area contributed by atoms with Gasteiger partial charge in [-0.3, -0.25) is 19.9 Å². The number of aromatic nitrogens is 2. The zero-order valence-electron chi connectivity index (χ0n) is 20.6. The molecule has 2 aliphatic rings. The van der Waals surface area contributed by atoms with Crippen molar-refractivity contribution in [3.8, 4) is 22.9 Å². The van der Waals surface area contributed by atoms with Gasteiger partial charge < -0.3 is 20.1 Å². The predicted octanol–water partition coefficient (Wildman–Crippen LogP) is 3.07. The first-order valence-electron chi connectivity index (χ1n) is 12.0. The van der Waals surface area contributed by atoms with Crippen LogP contribution in [0.4, 0.5) is 4.79 Å². The third-order valence-corrected chi connectivity index (χ3v) is 6.76. The number of rotatable bonds is 4. The van der Waals surface area contributed by atoms with Gasteiger partial charge in [0.2, 0.25) is 11.8 Å². The number of hydrogen-bond acceptors (Lipinski definition) is 7. The van der Waals surface area contributed by atoms with Crippen molar-refractivity contribution in [1.29, 1.82) is 0 Å². The van der Waals surface area contributed by atoms with Crippen molar-refractivity contribution >= 4 is 17.8 Å². The zero-order valence-corrected chi connectivity index (χ0v) is 20.6. The second kappa shape index (κ2) is 9.62. The van der Waals surface area contributed by atoms with Crippen molar-refractivity contribution in [2.24, 2.45) is 11.1 Å². The normalized spacial score (nSPS) is 16.7. The summed E-state index contributed by atoms with van der Waals surface area (Å²) in [6.07, 6.45) is 1.61. The third-order valence-electron chi connectivity index (χ3n) is 6.76. The van der Waals surface area contributed by atoms with Crippen LogP contribution < -0.4 is 15.8 Å². The second-order valence-corrected chi connectivity index (χ2v) is 9.54. The van der Waals surface area contributed by atoms with E-state index in [-0.39, 0.29) is 5.91 Å². The van der Waals surface area contributed by atoms with Crippen LogP contribution in [0.2, 0.25) is 0 Å². The number of nitrogens with two attached hydrogens (primary N) is 1. The van der Waals surface area contributed by atoms with Crippen LogP contribution >= 0.6 is 0 Å². The number of fused-ring (bicyclic) bond motifs is 2. The Labute approximate surface area is 213 Å². The molecule has 190 valence electrons. The number of imide groups is 1. The summed E-state index contributed by atoms with van der Waals surface area (Å²) in [5.74, 6) is -0.141. The molecule has 3 N–H and O–H groups in total. The number of nitrogens with zero attached hydrogens (tertiary/aromatic N) is 3. The largest absolute Gasteiger partial charge is 0.438 e. The molecular formula is C27H27N5O5. The molecule has 10 nitrogen and oxygen atoms in total. The summed E-state index contributed by atoms with van der Waals surface area (Å²) in [6, 6.07) is 13.7. The molecule has 0 radical (unpaired) electrons. The van der Waals surface area contributed by atoms with Crippen LogP contribution in [0.15, 0.2) is 54.7 Å².